The number of hydrogen-bond acceptors (Lipinski definition) is 6. The maximum atomic E-state index is 8.84. The van der Waals surface area contributed by atoms with E-state index in [2.05, 4.69) is 15.1 Å². The number of pyridine rings is 1. The standard InChI is InChI=1S/C10H12N4O2/c1-6-2-3-12-8(4-6)9-13-10(16-14-9)7(11)5-15/h2-4,7,15H,5,11H2,1H3/t7-/m1/s1. The summed E-state index contributed by atoms with van der Waals surface area (Å²) in [6.45, 7) is 1.72. The van der Waals surface area contributed by atoms with Crippen molar-refractivity contribution >= 4 is 0 Å². The van der Waals surface area contributed by atoms with Gasteiger partial charge in [-0.2, -0.15) is 4.98 Å². The molecule has 2 heterocycles. The summed E-state index contributed by atoms with van der Waals surface area (Å²) in [4.78, 5) is 8.19. The van der Waals surface area contributed by atoms with Crippen LogP contribution in [0, 0.1) is 6.92 Å². The van der Waals surface area contributed by atoms with Crippen LogP contribution in [-0.4, -0.2) is 26.8 Å². The molecule has 2 aromatic rings. The number of hydrogen-bond donors (Lipinski definition) is 2. The summed E-state index contributed by atoms with van der Waals surface area (Å²) in [5.41, 5.74) is 7.23. The second-order valence-electron chi connectivity index (χ2n) is 3.46. The minimum Gasteiger partial charge on any atom is -0.394 e. The normalized spacial score (nSPS) is 12.7. The average molecular weight is 220 g/mol. The summed E-state index contributed by atoms with van der Waals surface area (Å²) in [6.07, 6.45) is 1.67. The van der Waals surface area contributed by atoms with Crippen LogP contribution in [0.3, 0.4) is 0 Å². The highest BCUT2D eigenvalue weighted by molar-refractivity contribution is 5.48. The van der Waals surface area contributed by atoms with Crippen molar-refractivity contribution in [2.45, 2.75) is 13.0 Å². The lowest BCUT2D eigenvalue weighted by atomic mass is 10.2. The maximum absolute atomic E-state index is 8.84. The van der Waals surface area contributed by atoms with Gasteiger partial charge in [-0.1, -0.05) is 5.16 Å². The van der Waals surface area contributed by atoms with E-state index in [0.29, 0.717) is 11.5 Å². The molecule has 0 aliphatic carbocycles. The highest BCUT2D eigenvalue weighted by atomic mass is 16.5. The van der Waals surface area contributed by atoms with Crippen molar-refractivity contribution in [2.75, 3.05) is 6.61 Å². The molecule has 0 radical (unpaired) electrons. The van der Waals surface area contributed by atoms with E-state index in [1.165, 1.54) is 0 Å². The molecule has 0 fully saturated rings. The minimum atomic E-state index is -0.647. The van der Waals surface area contributed by atoms with Gasteiger partial charge in [-0.3, -0.25) is 4.98 Å². The molecule has 0 bridgehead atoms. The third kappa shape index (κ3) is 2.07. The van der Waals surface area contributed by atoms with E-state index in [9.17, 15) is 0 Å². The van der Waals surface area contributed by atoms with E-state index in [4.69, 9.17) is 15.4 Å². The van der Waals surface area contributed by atoms with Crippen molar-refractivity contribution in [1.29, 1.82) is 0 Å². The summed E-state index contributed by atoms with van der Waals surface area (Å²) >= 11 is 0. The van der Waals surface area contributed by atoms with E-state index in [1.807, 2.05) is 19.1 Å². The van der Waals surface area contributed by atoms with E-state index in [1.54, 1.807) is 6.20 Å². The van der Waals surface area contributed by atoms with Gasteiger partial charge in [-0.05, 0) is 24.6 Å². The molecule has 0 saturated carbocycles. The van der Waals surface area contributed by atoms with Crippen molar-refractivity contribution in [3.63, 3.8) is 0 Å². The molecule has 0 saturated heterocycles. The monoisotopic (exact) mass is 220 g/mol. The first kappa shape index (κ1) is 10.7. The molecule has 0 unspecified atom stereocenters. The highest BCUT2D eigenvalue weighted by Crippen LogP contribution is 2.16. The molecule has 3 N–H and O–H groups in total. The Morgan fingerprint density at radius 1 is 1.56 bits per heavy atom. The van der Waals surface area contributed by atoms with E-state index in [-0.39, 0.29) is 12.5 Å². The predicted octanol–water partition coefficient (Wildman–Crippen LogP) is 0.432. The number of rotatable bonds is 3. The molecule has 0 amide bonds. The zero-order valence-electron chi connectivity index (χ0n) is 8.79. The number of aryl methyl sites for hydroxylation is 1. The SMILES string of the molecule is Cc1ccnc(-c2noc([C@H](N)CO)n2)c1. The van der Waals surface area contributed by atoms with Gasteiger partial charge in [0.1, 0.15) is 11.7 Å². The summed E-state index contributed by atoms with van der Waals surface area (Å²) in [5.74, 6) is 0.586. The van der Waals surface area contributed by atoms with Crippen LogP contribution >= 0.6 is 0 Å². The topological polar surface area (TPSA) is 98.1 Å². The van der Waals surface area contributed by atoms with Crippen LogP contribution < -0.4 is 5.73 Å². The molecule has 0 spiro atoms. The molecule has 84 valence electrons. The van der Waals surface area contributed by atoms with Crippen LogP contribution in [0.25, 0.3) is 11.5 Å². The largest absolute Gasteiger partial charge is 0.394 e. The van der Waals surface area contributed by atoms with Crippen molar-refractivity contribution < 1.29 is 9.63 Å². The molecule has 1 atom stereocenters. The second-order valence-corrected chi connectivity index (χ2v) is 3.46. The van der Waals surface area contributed by atoms with Gasteiger partial charge in [0.15, 0.2) is 0 Å². The van der Waals surface area contributed by atoms with Gasteiger partial charge >= 0.3 is 0 Å². The summed E-state index contributed by atoms with van der Waals surface area (Å²) in [6, 6.07) is 3.08. The van der Waals surface area contributed by atoms with Crippen LogP contribution in [0.2, 0.25) is 0 Å². The molecular formula is C10H12N4O2. The molecule has 6 heteroatoms. The predicted molar refractivity (Wildman–Crippen MR) is 56.3 cm³/mol. The van der Waals surface area contributed by atoms with E-state index < -0.39 is 6.04 Å². The van der Waals surface area contributed by atoms with Crippen molar-refractivity contribution in [1.82, 2.24) is 15.1 Å². The summed E-state index contributed by atoms with van der Waals surface area (Å²) in [5, 5.41) is 12.6. The molecular weight excluding hydrogens is 208 g/mol. The van der Waals surface area contributed by atoms with Crippen molar-refractivity contribution in [3.05, 3.63) is 29.8 Å². The third-order valence-corrected chi connectivity index (χ3v) is 2.10. The van der Waals surface area contributed by atoms with Gasteiger partial charge in [-0.15, -0.1) is 0 Å². The molecule has 0 aromatic carbocycles. The Morgan fingerprint density at radius 2 is 2.38 bits per heavy atom. The van der Waals surface area contributed by atoms with Gasteiger partial charge in [0.25, 0.3) is 0 Å². The Morgan fingerprint density at radius 3 is 3.06 bits per heavy atom. The van der Waals surface area contributed by atoms with Crippen molar-refractivity contribution in [3.8, 4) is 11.5 Å². The Labute approximate surface area is 92.1 Å². The first-order valence-electron chi connectivity index (χ1n) is 4.84. The first-order valence-corrected chi connectivity index (χ1v) is 4.84. The van der Waals surface area contributed by atoms with E-state index in [0.717, 1.165) is 5.56 Å². The first-order chi connectivity index (χ1) is 7.70. The van der Waals surface area contributed by atoms with Gasteiger partial charge in [0.2, 0.25) is 11.7 Å². The Bertz CT molecular complexity index is 483. The number of aliphatic hydroxyl groups excluding tert-OH is 1. The smallest absolute Gasteiger partial charge is 0.246 e. The molecule has 6 nitrogen and oxygen atoms in total. The summed E-state index contributed by atoms with van der Waals surface area (Å²) < 4.78 is 4.93. The maximum Gasteiger partial charge on any atom is 0.246 e. The molecule has 0 aliphatic rings. The van der Waals surface area contributed by atoms with Crippen LogP contribution in [-0.2, 0) is 0 Å². The fourth-order valence-electron chi connectivity index (χ4n) is 1.23. The zero-order valence-corrected chi connectivity index (χ0v) is 8.79. The fraction of sp³-hybridized carbons (Fsp3) is 0.300. The molecule has 2 aromatic heterocycles. The molecule has 0 aliphatic heterocycles. The highest BCUT2D eigenvalue weighted by Gasteiger charge is 2.15. The lowest BCUT2D eigenvalue weighted by molar-refractivity contribution is 0.237. The fourth-order valence-corrected chi connectivity index (χ4v) is 1.23. The lowest BCUT2D eigenvalue weighted by Gasteiger charge is -1.98. The van der Waals surface area contributed by atoms with E-state index >= 15 is 0 Å². The Balaban J connectivity index is 2.31. The van der Waals surface area contributed by atoms with Gasteiger partial charge < -0.3 is 15.4 Å². The minimum absolute atomic E-state index is 0.209. The summed E-state index contributed by atoms with van der Waals surface area (Å²) in [7, 11) is 0. The van der Waals surface area contributed by atoms with Crippen molar-refractivity contribution in [2.24, 2.45) is 5.73 Å². The molecule has 2 rings (SSSR count). The number of nitrogens with zero attached hydrogens (tertiary/aromatic N) is 3. The number of aromatic nitrogens is 3. The quantitative estimate of drug-likeness (QED) is 0.778. The van der Waals surface area contributed by atoms with Crippen LogP contribution in [0.15, 0.2) is 22.9 Å². The lowest BCUT2D eigenvalue weighted by Crippen LogP contribution is -2.14. The second kappa shape index (κ2) is 4.38. The zero-order chi connectivity index (χ0) is 11.5. The van der Waals surface area contributed by atoms with Crippen LogP contribution in [0.4, 0.5) is 0 Å². The third-order valence-electron chi connectivity index (χ3n) is 2.10. The Hall–Kier alpha value is -1.79. The van der Waals surface area contributed by atoms with Crippen LogP contribution in [0.5, 0.6) is 0 Å². The number of aliphatic hydroxyl groups is 1. The van der Waals surface area contributed by atoms with Gasteiger partial charge in [0.05, 0.1) is 6.61 Å². The van der Waals surface area contributed by atoms with Crippen LogP contribution in [0.1, 0.15) is 17.5 Å². The molecule has 16 heavy (non-hydrogen) atoms. The average Bonchev–Trinajstić information content (AvgIpc) is 2.77. The van der Waals surface area contributed by atoms with Gasteiger partial charge in [0, 0.05) is 6.20 Å². The van der Waals surface area contributed by atoms with Gasteiger partial charge in [-0.25, -0.2) is 0 Å². The Kier molecular flexibility index (Phi) is 2.93. The number of nitrogens with two attached hydrogens (primary N) is 1.